The Labute approximate surface area is 113 Å². The largest absolute Gasteiger partial charge is 0.314 e. The molecule has 1 fully saturated rings. The molecule has 1 aromatic heterocycles. The molecule has 0 amide bonds. The van der Waals surface area contributed by atoms with Crippen molar-refractivity contribution < 1.29 is 0 Å². The SMILES string of the molecule is CC(C)(C)[C@H](c1sccc1Cl)N1CCNCC1. The van der Waals surface area contributed by atoms with E-state index in [4.69, 9.17) is 11.6 Å². The first-order chi connectivity index (χ1) is 8.00. The number of nitrogens with zero attached hydrogens (tertiary/aromatic N) is 1. The third kappa shape index (κ3) is 3.02. The van der Waals surface area contributed by atoms with Gasteiger partial charge in [-0.15, -0.1) is 11.3 Å². The summed E-state index contributed by atoms with van der Waals surface area (Å²) in [5.74, 6) is 0. The zero-order valence-electron chi connectivity index (χ0n) is 10.8. The minimum Gasteiger partial charge on any atom is -0.314 e. The van der Waals surface area contributed by atoms with Gasteiger partial charge in [0.25, 0.3) is 0 Å². The third-order valence-electron chi connectivity index (χ3n) is 3.23. The normalized spacial score (nSPS) is 20.5. The van der Waals surface area contributed by atoms with E-state index in [0.29, 0.717) is 6.04 Å². The molecule has 17 heavy (non-hydrogen) atoms. The molecule has 1 aliphatic rings. The van der Waals surface area contributed by atoms with Crippen molar-refractivity contribution in [1.82, 2.24) is 10.2 Å². The van der Waals surface area contributed by atoms with Crippen LogP contribution in [0.3, 0.4) is 0 Å². The molecule has 1 aromatic rings. The van der Waals surface area contributed by atoms with Crippen molar-refractivity contribution in [3.05, 3.63) is 21.3 Å². The van der Waals surface area contributed by atoms with Crippen LogP contribution in [0.25, 0.3) is 0 Å². The minimum atomic E-state index is 0.214. The molecule has 1 atom stereocenters. The van der Waals surface area contributed by atoms with Crippen LogP contribution in [-0.4, -0.2) is 31.1 Å². The molecule has 1 N–H and O–H groups in total. The van der Waals surface area contributed by atoms with Crippen LogP contribution < -0.4 is 5.32 Å². The van der Waals surface area contributed by atoms with Gasteiger partial charge in [-0.05, 0) is 16.9 Å². The average Bonchev–Trinajstić information content (AvgIpc) is 2.65. The van der Waals surface area contributed by atoms with Crippen LogP contribution in [0.4, 0.5) is 0 Å². The zero-order chi connectivity index (χ0) is 12.5. The number of piperazine rings is 1. The summed E-state index contributed by atoms with van der Waals surface area (Å²) in [6.45, 7) is 11.3. The van der Waals surface area contributed by atoms with E-state index in [1.54, 1.807) is 11.3 Å². The Kier molecular flexibility index (Phi) is 4.14. The maximum atomic E-state index is 6.33. The highest BCUT2D eigenvalue weighted by atomic mass is 35.5. The molecule has 4 heteroatoms. The second-order valence-electron chi connectivity index (χ2n) is 5.69. The van der Waals surface area contributed by atoms with E-state index in [9.17, 15) is 0 Å². The predicted molar refractivity (Wildman–Crippen MR) is 76.0 cm³/mol. The molecular formula is C13H21ClN2S. The van der Waals surface area contributed by atoms with E-state index < -0.39 is 0 Å². The first-order valence-electron chi connectivity index (χ1n) is 6.18. The molecule has 1 aliphatic heterocycles. The highest BCUT2D eigenvalue weighted by Crippen LogP contribution is 2.43. The lowest BCUT2D eigenvalue weighted by atomic mass is 9.84. The molecular weight excluding hydrogens is 252 g/mol. The smallest absolute Gasteiger partial charge is 0.0561 e. The van der Waals surface area contributed by atoms with Crippen molar-refractivity contribution in [2.24, 2.45) is 5.41 Å². The van der Waals surface area contributed by atoms with E-state index >= 15 is 0 Å². The van der Waals surface area contributed by atoms with Crippen molar-refractivity contribution in [2.75, 3.05) is 26.2 Å². The van der Waals surface area contributed by atoms with Gasteiger partial charge in [-0.25, -0.2) is 0 Å². The van der Waals surface area contributed by atoms with Crippen molar-refractivity contribution in [1.29, 1.82) is 0 Å². The number of hydrogen-bond acceptors (Lipinski definition) is 3. The zero-order valence-corrected chi connectivity index (χ0v) is 12.4. The standard InChI is InChI=1S/C13H21ClN2S/c1-13(2,3)12(11-10(14)4-9-17-11)16-7-5-15-6-8-16/h4,9,12,15H,5-8H2,1-3H3/t12-/m0/s1. The lowest BCUT2D eigenvalue weighted by Gasteiger charge is -2.42. The van der Waals surface area contributed by atoms with Crippen LogP contribution in [0.15, 0.2) is 11.4 Å². The van der Waals surface area contributed by atoms with Crippen LogP contribution in [0, 0.1) is 5.41 Å². The highest BCUT2D eigenvalue weighted by Gasteiger charge is 2.34. The summed E-state index contributed by atoms with van der Waals surface area (Å²) in [4.78, 5) is 3.88. The van der Waals surface area contributed by atoms with Gasteiger partial charge in [-0.1, -0.05) is 32.4 Å². The second kappa shape index (κ2) is 5.27. The van der Waals surface area contributed by atoms with E-state index in [1.165, 1.54) is 4.88 Å². The van der Waals surface area contributed by atoms with Crippen LogP contribution in [-0.2, 0) is 0 Å². The van der Waals surface area contributed by atoms with Gasteiger partial charge >= 0.3 is 0 Å². The lowest BCUT2D eigenvalue weighted by molar-refractivity contribution is 0.0888. The summed E-state index contributed by atoms with van der Waals surface area (Å²) in [5.41, 5.74) is 0.214. The van der Waals surface area contributed by atoms with Gasteiger partial charge in [-0.2, -0.15) is 0 Å². The fourth-order valence-electron chi connectivity index (χ4n) is 2.55. The van der Waals surface area contributed by atoms with Crippen molar-refractivity contribution >= 4 is 22.9 Å². The van der Waals surface area contributed by atoms with Gasteiger partial charge in [0.2, 0.25) is 0 Å². The fraction of sp³-hybridized carbons (Fsp3) is 0.692. The quantitative estimate of drug-likeness (QED) is 0.888. The summed E-state index contributed by atoms with van der Waals surface area (Å²) < 4.78 is 0. The van der Waals surface area contributed by atoms with E-state index in [1.807, 2.05) is 6.07 Å². The number of thiophene rings is 1. The third-order valence-corrected chi connectivity index (χ3v) is 4.64. The molecule has 2 nitrogen and oxygen atoms in total. The Balaban J connectivity index is 2.28. The summed E-state index contributed by atoms with van der Waals surface area (Å²) in [6, 6.07) is 2.44. The summed E-state index contributed by atoms with van der Waals surface area (Å²) >= 11 is 8.11. The minimum absolute atomic E-state index is 0.214. The Morgan fingerprint density at radius 2 is 2.00 bits per heavy atom. The number of hydrogen-bond donors (Lipinski definition) is 1. The topological polar surface area (TPSA) is 15.3 Å². The maximum Gasteiger partial charge on any atom is 0.0561 e. The van der Waals surface area contributed by atoms with E-state index in [0.717, 1.165) is 31.2 Å². The molecule has 0 aliphatic carbocycles. The number of halogens is 1. The fourth-order valence-corrected chi connectivity index (χ4v) is 4.09. The van der Waals surface area contributed by atoms with Crippen molar-refractivity contribution in [2.45, 2.75) is 26.8 Å². The van der Waals surface area contributed by atoms with Gasteiger partial charge in [0.05, 0.1) is 11.1 Å². The molecule has 0 saturated carbocycles. The molecule has 0 bridgehead atoms. The van der Waals surface area contributed by atoms with Crippen LogP contribution >= 0.6 is 22.9 Å². The summed E-state index contributed by atoms with van der Waals surface area (Å²) in [6.07, 6.45) is 0. The molecule has 1 saturated heterocycles. The average molecular weight is 273 g/mol. The number of nitrogens with one attached hydrogen (secondary N) is 1. The molecule has 2 rings (SSSR count). The molecule has 0 spiro atoms. The Bertz CT molecular complexity index is 364. The second-order valence-corrected chi connectivity index (χ2v) is 7.04. The van der Waals surface area contributed by atoms with E-state index in [2.05, 4.69) is 36.4 Å². The first-order valence-corrected chi connectivity index (χ1v) is 7.43. The van der Waals surface area contributed by atoms with Gasteiger partial charge in [0.1, 0.15) is 0 Å². The van der Waals surface area contributed by atoms with E-state index in [-0.39, 0.29) is 5.41 Å². The monoisotopic (exact) mass is 272 g/mol. The van der Waals surface area contributed by atoms with Crippen LogP contribution in [0.2, 0.25) is 5.02 Å². The molecule has 96 valence electrons. The summed E-state index contributed by atoms with van der Waals surface area (Å²) in [5, 5.41) is 6.43. The maximum absolute atomic E-state index is 6.33. The molecule has 2 heterocycles. The van der Waals surface area contributed by atoms with Crippen molar-refractivity contribution in [3.63, 3.8) is 0 Å². The molecule has 0 aromatic carbocycles. The highest BCUT2D eigenvalue weighted by molar-refractivity contribution is 7.10. The van der Waals surface area contributed by atoms with Crippen molar-refractivity contribution in [3.8, 4) is 0 Å². The Hall–Kier alpha value is -0.0900. The van der Waals surface area contributed by atoms with Gasteiger partial charge < -0.3 is 5.32 Å². The predicted octanol–water partition coefficient (Wildman–Crippen LogP) is 3.39. The van der Waals surface area contributed by atoms with Crippen LogP contribution in [0.5, 0.6) is 0 Å². The summed E-state index contributed by atoms with van der Waals surface area (Å²) in [7, 11) is 0. The number of rotatable bonds is 2. The molecule has 0 radical (unpaired) electrons. The van der Waals surface area contributed by atoms with Gasteiger partial charge in [0, 0.05) is 31.1 Å². The Morgan fingerprint density at radius 3 is 2.47 bits per heavy atom. The lowest BCUT2D eigenvalue weighted by Crippen LogP contribution is -2.48. The Morgan fingerprint density at radius 1 is 1.35 bits per heavy atom. The van der Waals surface area contributed by atoms with Gasteiger partial charge in [0.15, 0.2) is 0 Å². The van der Waals surface area contributed by atoms with Gasteiger partial charge in [-0.3, -0.25) is 4.90 Å². The molecule has 0 unspecified atom stereocenters. The first kappa shape index (κ1) is 13.3. The van der Waals surface area contributed by atoms with Crippen LogP contribution in [0.1, 0.15) is 31.7 Å².